The highest BCUT2D eigenvalue weighted by molar-refractivity contribution is 5.86. The Kier molecular flexibility index (Phi) is 4.51. The third kappa shape index (κ3) is 3.21. The molecule has 17 heavy (non-hydrogen) atoms. The monoisotopic (exact) mass is 240 g/mol. The number of allylic oxidation sites excluding steroid dienone is 1. The van der Waals surface area contributed by atoms with E-state index >= 15 is 0 Å². The average Bonchev–Trinajstić information content (AvgIpc) is 2.34. The van der Waals surface area contributed by atoms with Crippen molar-refractivity contribution in [3.63, 3.8) is 0 Å². The predicted octanol–water partition coefficient (Wildman–Crippen LogP) is 2.22. The molecule has 0 heterocycles. The standard InChI is InChI=1S/C12H13FO4/c1-15-9-7-11(17-3)10(16-2)6-8(9)4-5-12(13)14/h4-7H,1-3H3/b5-4+. The summed E-state index contributed by atoms with van der Waals surface area (Å²) < 4.78 is 27.4. The van der Waals surface area contributed by atoms with Gasteiger partial charge in [0.15, 0.2) is 11.5 Å². The number of hydrogen-bond donors (Lipinski definition) is 0. The number of hydrogen-bond acceptors (Lipinski definition) is 4. The molecule has 0 spiro atoms. The summed E-state index contributed by atoms with van der Waals surface area (Å²) >= 11 is 0. The van der Waals surface area contributed by atoms with Crippen LogP contribution in [0.1, 0.15) is 5.56 Å². The molecule has 0 fully saturated rings. The minimum atomic E-state index is -1.53. The molecule has 0 saturated carbocycles. The van der Waals surface area contributed by atoms with Gasteiger partial charge in [-0.25, -0.2) is 0 Å². The van der Waals surface area contributed by atoms with Gasteiger partial charge in [-0.3, -0.25) is 4.79 Å². The van der Waals surface area contributed by atoms with Crippen molar-refractivity contribution >= 4 is 12.1 Å². The van der Waals surface area contributed by atoms with E-state index < -0.39 is 6.04 Å². The van der Waals surface area contributed by atoms with Crippen LogP contribution in [0.25, 0.3) is 6.08 Å². The number of ether oxygens (including phenoxy) is 3. The third-order valence-corrected chi connectivity index (χ3v) is 2.13. The Morgan fingerprint density at radius 1 is 1.06 bits per heavy atom. The highest BCUT2D eigenvalue weighted by Gasteiger charge is 2.10. The van der Waals surface area contributed by atoms with Gasteiger partial charge in [-0.15, -0.1) is 0 Å². The molecule has 0 N–H and O–H groups in total. The lowest BCUT2D eigenvalue weighted by atomic mass is 10.1. The lowest BCUT2D eigenvalue weighted by Gasteiger charge is -2.11. The van der Waals surface area contributed by atoms with Crippen molar-refractivity contribution < 1.29 is 23.4 Å². The van der Waals surface area contributed by atoms with Crippen LogP contribution in [-0.2, 0) is 4.79 Å². The zero-order chi connectivity index (χ0) is 12.8. The minimum absolute atomic E-state index is 0.458. The maximum Gasteiger partial charge on any atom is 0.324 e. The van der Waals surface area contributed by atoms with Gasteiger partial charge in [0.2, 0.25) is 0 Å². The SMILES string of the molecule is COc1cc(OC)c(OC)cc1/C=C/C(=O)F. The number of carbonyl (C=O) groups excluding carboxylic acids is 1. The Hall–Kier alpha value is -2.04. The molecule has 0 radical (unpaired) electrons. The van der Waals surface area contributed by atoms with Crippen LogP contribution in [-0.4, -0.2) is 27.4 Å². The number of rotatable bonds is 5. The first kappa shape index (κ1) is 13.0. The summed E-state index contributed by atoms with van der Waals surface area (Å²) in [4.78, 5) is 10.2. The average molecular weight is 240 g/mol. The van der Waals surface area contributed by atoms with E-state index in [2.05, 4.69) is 0 Å². The lowest BCUT2D eigenvalue weighted by Crippen LogP contribution is -1.94. The summed E-state index contributed by atoms with van der Waals surface area (Å²) in [7, 11) is 4.45. The number of benzene rings is 1. The van der Waals surface area contributed by atoms with E-state index in [1.807, 2.05) is 0 Å². The van der Waals surface area contributed by atoms with Gasteiger partial charge in [-0.2, -0.15) is 4.39 Å². The van der Waals surface area contributed by atoms with E-state index in [4.69, 9.17) is 14.2 Å². The van der Waals surface area contributed by atoms with Crippen molar-refractivity contribution in [2.45, 2.75) is 0 Å². The normalized spacial score (nSPS) is 10.4. The largest absolute Gasteiger partial charge is 0.496 e. The van der Waals surface area contributed by atoms with Gasteiger partial charge in [-0.1, -0.05) is 0 Å². The fourth-order valence-corrected chi connectivity index (χ4v) is 1.34. The molecule has 1 aromatic carbocycles. The van der Waals surface area contributed by atoms with Crippen LogP contribution in [0.3, 0.4) is 0 Å². The Labute approximate surface area is 98.6 Å². The Balaban J connectivity index is 3.23. The van der Waals surface area contributed by atoms with Crippen LogP contribution in [0.5, 0.6) is 17.2 Å². The highest BCUT2D eigenvalue weighted by Crippen LogP contribution is 2.35. The van der Waals surface area contributed by atoms with E-state index in [9.17, 15) is 9.18 Å². The predicted molar refractivity (Wildman–Crippen MR) is 61.2 cm³/mol. The molecule has 92 valence electrons. The molecule has 0 aliphatic heterocycles. The first-order valence-corrected chi connectivity index (χ1v) is 4.80. The fraction of sp³-hybridized carbons (Fsp3) is 0.250. The molecule has 0 amide bonds. The van der Waals surface area contributed by atoms with E-state index in [1.165, 1.54) is 27.4 Å². The molecule has 0 unspecified atom stereocenters. The van der Waals surface area contributed by atoms with Crippen LogP contribution in [0.2, 0.25) is 0 Å². The van der Waals surface area contributed by atoms with Gasteiger partial charge in [0.05, 0.1) is 21.3 Å². The van der Waals surface area contributed by atoms with Crippen LogP contribution < -0.4 is 14.2 Å². The Morgan fingerprint density at radius 3 is 2.06 bits per heavy atom. The molecular formula is C12H13FO4. The van der Waals surface area contributed by atoms with Crippen LogP contribution in [0.4, 0.5) is 4.39 Å². The molecule has 4 nitrogen and oxygen atoms in total. The number of halogens is 1. The maximum absolute atomic E-state index is 12.1. The highest BCUT2D eigenvalue weighted by atomic mass is 19.1. The van der Waals surface area contributed by atoms with Gasteiger partial charge >= 0.3 is 6.04 Å². The molecule has 5 heteroatoms. The van der Waals surface area contributed by atoms with Crippen molar-refractivity contribution in [3.05, 3.63) is 23.8 Å². The molecule has 1 rings (SSSR count). The summed E-state index contributed by atoms with van der Waals surface area (Å²) in [6, 6.07) is 1.67. The quantitative estimate of drug-likeness (QED) is 0.584. The summed E-state index contributed by atoms with van der Waals surface area (Å²) in [5.74, 6) is 1.42. The molecule has 0 aliphatic carbocycles. The topological polar surface area (TPSA) is 44.8 Å². The van der Waals surface area contributed by atoms with Crippen LogP contribution >= 0.6 is 0 Å². The fourth-order valence-electron chi connectivity index (χ4n) is 1.34. The second-order valence-corrected chi connectivity index (χ2v) is 3.09. The van der Waals surface area contributed by atoms with E-state index in [-0.39, 0.29) is 0 Å². The molecule has 0 aromatic heterocycles. The summed E-state index contributed by atoms with van der Waals surface area (Å²) in [5.41, 5.74) is 0.524. The number of carbonyl (C=O) groups is 1. The third-order valence-electron chi connectivity index (χ3n) is 2.13. The van der Waals surface area contributed by atoms with Crippen molar-refractivity contribution in [1.29, 1.82) is 0 Å². The summed E-state index contributed by atoms with van der Waals surface area (Å²) in [6.07, 6.45) is 2.12. The molecule has 0 bridgehead atoms. The maximum atomic E-state index is 12.1. The van der Waals surface area contributed by atoms with E-state index in [0.29, 0.717) is 22.8 Å². The second kappa shape index (κ2) is 5.89. The zero-order valence-corrected chi connectivity index (χ0v) is 9.82. The van der Waals surface area contributed by atoms with E-state index in [0.717, 1.165) is 6.08 Å². The zero-order valence-electron chi connectivity index (χ0n) is 9.82. The Bertz CT molecular complexity index is 440. The van der Waals surface area contributed by atoms with Crippen LogP contribution in [0.15, 0.2) is 18.2 Å². The van der Waals surface area contributed by atoms with Gasteiger partial charge < -0.3 is 14.2 Å². The minimum Gasteiger partial charge on any atom is -0.496 e. The Morgan fingerprint density at radius 2 is 1.59 bits per heavy atom. The van der Waals surface area contributed by atoms with Crippen molar-refractivity contribution in [1.82, 2.24) is 0 Å². The first-order valence-electron chi connectivity index (χ1n) is 4.80. The molecule has 0 aliphatic rings. The first-order chi connectivity index (χ1) is 8.12. The molecule has 0 saturated heterocycles. The van der Waals surface area contributed by atoms with Crippen molar-refractivity contribution in [2.75, 3.05) is 21.3 Å². The van der Waals surface area contributed by atoms with Gasteiger partial charge in [0.1, 0.15) is 5.75 Å². The number of methoxy groups -OCH3 is 3. The summed E-state index contributed by atoms with van der Waals surface area (Å²) in [5, 5.41) is 0. The van der Waals surface area contributed by atoms with Crippen LogP contribution in [0, 0.1) is 0 Å². The van der Waals surface area contributed by atoms with Crippen molar-refractivity contribution in [3.8, 4) is 17.2 Å². The molecule has 0 atom stereocenters. The smallest absolute Gasteiger partial charge is 0.324 e. The van der Waals surface area contributed by atoms with Crippen molar-refractivity contribution in [2.24, 2.45) is 0 Å². The van der Waals surface area contributed by atoms with E-state index in [1.54, 1.807) is 12.1 Å². The van der Waals surface area contributed by atoms with Gasteiger partial charge in [0, 0.05) is 17.7 Å². The lowest BCUT2D eigenvalue weighted by molar-refractivity contribution is -0.124. The second-order valence-electron chi connectivity index (χ2n) is 3.09. The summed E-state index contributed by atoms with van der Waals surface area (Å²) in [6.45, 7) is 0. The molecular weight excluding hydrogens is 227 g/mol. The molecule has 1 aromatic rings. The van der Waals surface area contributed by atoms with Gasteiger partial charge in [-0.05, 0) is 12.1 Å². The van der Waals surface area contributed by atoms with Gasteiger partial charge in [0.25, 0.3) is 0 Å².